The molecule has 1 atom stereocenters. The van der Waals surface area contributed by atoms with Gasteiger partial charge in [0.15, 0.2) is 0 Å². The van der Waals surface area contributed by atoms with Crippen LogP contribution in [0.1, 0.15) is 24.9 Å². The van der Waals surface area contributed by atoms with Crippen molar-refractivity contribution in [3.63, 3.8) is 0 Å². The molecule has 118 valence electrons. The summed E-state index contributed by atoms with van der Waals surface area (Å²) in [6, 6.07) is 2.14. The van der Waals surface area contributed by atoms with Gasteiger partial charge in [-0.15, -0.1) is 5.92 Å². The number of rotatable bonds is 1. The molecular weight excluding hydrogens is 317 g/mol. The predicted octanol–water partition coefficient (Wildman–Crippen LogP) is 3.61. The molecule has 0 spiro atoms. The highest BCUT2D eigenvalue weighted by Crippen LogP contribution is 2.42. The standard InChI is InChI=1S/C15H14ClF3N2O/c1-2-3-4-7-21-9-13(22)20-12-6-5-10(16)8-11(12)14(21)15(17,18)19/h5-6,8,14H,2,7,9H2,1H3,(H,20,22). The highest BCUT2D eigenvalue weighted by molar-refractivity contribution is 6.30. The Morgan fingerprint density at radius 1 is 1.41 bits per heavy atom. The molecule has 1 amide bonds. The minimum atomic E-state index is -4.54. The molecule has 7 heteroatoms. The lowest BCUT2D eigenvalue weighted by Gasteiger charge is -2.30. The van der Waals surface area contributed by atoms with Crippen LogP contribution >= 0.6 is 11.6 Å². The fourth-order valence-corrected chi connectivity index (χ4v) is 2.53. The summed E-state index contributed by atoms with van der Waals surface area (Å²) in [5.41, 5.74) is 0.0619. The van der Waals surface area contributed by atoms with Gasteiger partial charge < -0.3 is 5.32 Å². The summed E-state index contributed by atoms with van der Waals surface area (Å²) in [6.07, 6.45) is -4.00. The van der Waals surface area contributed by atoms with Crippen molar-refractivity contribution >= 4 is 23.2 Å². The number of alkyl halides is 3. The third kappa shape index (κ3) is 3.73. The van der Waals surface area contributed by atoms with Gasteiger partial charge in [-0.05, 0) is 18.2 Å². The van der Waals surface area contributed by atoms with Crippen molar-refractivity contribution in [3.8, 4) is 11.8 Å². The fraction of sp³-hybridized carbons (Fsp3) is 0.400. The molecule has 1 aliphatic rings. The molecule has 1 N–H and O–H groups in total. The average Bonchev–Trinajstić information content (AvgIpc) is 2.53. The molecule has 22 heavy (non-hydrogen) atoms. The molecule has 1 heterocycles. The minimum absolute atomic E-state index is 0.0656. The molecular formula is C15H14ClF3N2O. The molecule has 1 aliphatic heterocycles. The van der Waals surface area contributed by atoms with E-state index in [4.69, 9.17) is 11.6 Å². The SMILES string of the molecule is CCC#CCN1CC(=O)Nc2ccc(Cl)cc2C1C(F)(F)F. The van der Waals surface area contributed by atoms with E-state index >= 15 is 0 Å². The maximum absolute atomic E-state index is 13.5. The van der Waals surface area contributed by atoms with Crippen LogP contribution in [0.5, 0.6) is 0 Å². The Bertz CT molecular complexity index is 634. The average molecular weight is 331 g/mol. The summed E-state index contributed by atoms with van der Waals surface area (Å²) in [4.78, 5) is 12.9. The zero-order chi connectivity index (χ0) is 16.3. The van der Waals surface area contributed by atoms with Gasteiger partial charge in [0.1, 0.15) is 6.04 Å². The van der Waals surface area contributed by atoms with Gasteiger partial charge in [-0.1, -0.05) is 24.4 Å². The highest BCUT2D eigenvalue weighted by Gasteiger charge is 2.47. The van der Waals surface area contributed by atoms with Gasteiger partial charge in [0.05, 0.1) is 13.1 Å². The molecule has 0 saturated heterocycles. The predicted molar refractivity (Wildman–Crippen MR) is 78.5 cm³/mol. The number of carbonyl (C=O) groups is 1. The number of nitrogens with one attached hydrogen (secondary N) is 1. The second-order valence-corrected chi connectivity index (χ2v) is 5.27. The Balaban J connectivity index is 2.51. The van der Waals surface area contributed by atoms with Crippen LogP contribution in [0.2, 0.25) is 5.02 Å². The maximum atomic E-state index is 13.5. The lowest BCUT2D eigenvalue weighted by atomic mass is 10.0. The normalized spacial score (nSPS) is 18.8. The van der Waals surface area contributed by atoms with E-state index in [1.807, 2.05) is 0 Å². The zero-order valence-electron chi connectivity index (χ0n) is 11.8. The minimum Gasteiger partial charge on any atom is -0.325 e. The number of anilines is 1. The van der Waals surface area contributed by atoms with Crippen molar-refractivity contribution in [2.24, 2.45) is 0 Å². The molecule has 2 rings (SSSR count). The molecule has 0 saturated carbocycles. The van der Waals surface area contributed by atoms with Gasteiger partial charge in [-0.2, -0.15) is 13.2 Å². The number of fused-ring (bicyclic) bond motifs is 1. The van der Waals surface area contributed by atoms with Crippen LogP contribution in [0.3, 0.4) is 0 Å². The van der Waals surface area contributed by atoms with Gasteiger partial charge >= 0.3 is 6.18 Å². The van der Waals surface area contributed by atoms with Crippen molar-refractivity contribution in [2.75, 3.05) is 18.4 Å². The number of benzene rings is 1. The van der Waals surface area contributed by atoms with E-state index in [0.717, 1.165) is 4.90 Å². The lowest BCUT2D eigenvalue weighted by Crippen LogP contribution is -2.40. The van der Waals surface area contributed by atoms with Crippen molar-refractivity contribution in [2.45, 2.75) is 25.6 Å². The van der Waals surface area contributed by atoms with Crippen LogP contribution in [0.15, 0.2) is 18.2 Å². The third-order valence-electron chi connectivity index (χ3n) is 3.19. The fourth-order valence-electron chi connectivity index (χ4n) is 2.35. The summed E-state index contributed by atoms with van der Waals surface area (Å²) in [7, 11) is 0. The number of nitrogens with zero attached hydrogens (tertiary/aromatic N) is 1. The van der Waals surface area contributed by atoms with Gasteiger partial charge in [-0.25, -0.2) is 0 Å². The number of hydrogen-bond donors (Lipinski definition) is 1. The van der Waals surface area contributed by atoms with E-state index in [-0.39, 0.29) is 29.4 Å². The van der Waals surface area contributed by atoms with E-state index in [1.165, 1.54) is 18.2 Å². The number of hydrogen-bond acceptors (Lipinski definition) is 2. The Morgan fingerprint density at radius 3 is 2.77 bits per heavy atom. The van der Waals surface area contributed by atoms with E-state index in [9.17, 15) is 18.0 Å². The first-order valence-electron chi connectivity index (χ1n) is 6.68. The van der Waals surface area contributed by atoms with Crippen molar-refractivity contribution < 1.29 is 18.0 Å². The second-order valence-electron chi connectivity index (χ2n) is 4.84. The summed E-state index contributed by atoms with van der Waals surface area (Å²) >= 11 is 5.83. The van der Waals surface area contributed by atoms with E-state index < -0.39 is 18.1 Å². The Labute approximate surface area is 131 Å². The van der Waals surface area contributed by atoms with Gasteiger partial charge in [0.25, 0.3) is 0 Å². The molecule has 0 radical (unpaired) electrons. The molecule has 0 aliphatic carbocycles. The molecule has 1 aromatic rings. The topological polar surface area (TPSA) is 32.3 Å². The quantitative estimate of drug-likeness (QED) is 0.798. The summed E-state index contributed by atoms with van der Waals surface area (Å²) in [5, 5.41) is 2.67. The Kier molecular flexibility index (Phi) is 4.99. The Morgan fingerprint density at radius 2 is 2.14 bits per heavy atom. The molecule has 0 bridgehead atoms. The number of amides is 1. The Hall–Kier alpha value is -1.71. The van der Waals surface area contributed by atoms with Crippen LogP contribution < -0.4 is 5.32 Å². The van der Waals surface area contributed by atoms with Crippen molar-refractivity contribution in [1.82, 2.24) is 4.90 Å². The molecule has 1 unspecified atom stereocenters. The van der Waals surface area contributed by atoms with Crippen LogP contribution in [0.25, 0.3) is 0 Å². The van der Waals surface area contributed by atoms with Crippen molar-refractivity contribution in [1.29, 1.82) is 0 Å². The molecule has 3 nitrogen and oxygen atoms in total. The second kappa shape index (κ2) is 6.59. The smallest absolute Gasteiger partial charge is 0.325 e. The molecule has 1 aromatic carbocycles. The summed E-state index contributed by atoms with van der Waals surface area (Å²) in [6.45, 7) is 1.28. The van der Waals surface area contributed by atoms with Crippen LogP contribution in [0, 0.1) is 11.8 Å². The van der Waals surface area contributed by atoms with Crippen LogP contribution in [0.4, 0.5) is 18.9 Å². The van der Waals surface area contributed by atoms with Gasteiger partial charge in [0.2, 0.25) is 5.91 Å². The zero-order valence-corrected chi connectivity index (χ0v) is 12.6. The first kappa shape index (κ1) is 16.7. The maximum Gasteiger partial charge on any atom is 0.408 e. The van der Waals surface area contributed by atoms with Crippen molar-refractivity contribution in [3.05, 3.63) is 28.8 Å². The third-order valence-corrected chi connectivity index (χ3v) is 3.42. The lowest BCUT2D eigenvalue weighted by molar-refractivity contribution is -0.184. The van der Waals surface area contributed by atoms with E-state index in [2.05, 4.69) is 17.2 Å². The first-order valence-corrected chi connectivity index (χ1v) is 7.06. The highest BCUT2D eigenvalue weighted by atomic mass is 35.5. The van der Waals surface area contributed by atoms with E-state index in [0.29, 0.717) is 6.42 Å². The monoisotopic (exact) mass is 330 g/mol. The number of carbonyl (C=O) groups excluding carboxylic acids is 1. The largest absolute Gasteiger partial charge is 0.408 e. The molecule has 0 fully saturated rings. The van der Waals surface area contributed by atoms with Gasteiger partial charge in [-0.3, -0.25) is 9.69 Å². The number of halogens is 4. The summed E-state index contributed by atoms with van der Waals surface area (Å²) < 4.78 is 40.6. The van der Waals surface area contributed by atoms with Crippen LogP contribution in [-0.2, 0) is 4.79 Å². The molecule has 0 aromatic heterocycles. The first-order chi connectivity index (χ1) is 10.3. The van der Waals surface area contributed by atoms with Gasteiger partial charge in [0, 0.05) is 22.7 Å². The summed E-state index contributed by atoms with van der Waals surface area (Å²) in [5.74, 6) is 4.88. The van der Waals surface area contributed by atoms with E-state index in [1.54, 1.807) is 6.92 Å². The van der Waals surface area contributed by atoms with Crippen LogP contribution in [-0.4, -0.2) is 30.1 Å².